The van der Waals surface area contributed by atoms with E-state index in [1.165, 1.54) is 167 Å². The van der Waals surface area contributed by atoms with Gasteiger partial charge in [0.05, 0.1) is 0 Å². The molecule has 1 atom stereocenters. The summed E-state index contributed by atoms with van der Waals surface area (Å²) in [6.45, 7) is 4.53. The zero-order valence-corrected chi connectivity index (χ0v) is 32.3. The molecule has 0 aliphatic heterocycles. The van der Waals surface area contributed by atoms with E-state index in [0.29, 0.717) is 12.8 Å². The van der Waals surface area contributed by atoms with Crippen LogP contribution in [-0.4, -0.2) is 23.1 Å². The third-order valence-corrected chi connectivity index (χ3v) is 9.68. The highest BCUT2D eigenvalue weighted by atomic mass is 16.5. The van der Waals surface area contributed by atoms with Gasteiger partial charge in [-0.05, 0) is 70.6 Å². The second-order valence-corrected chi connectivity index (χ2v) is 14.5. The van der Waals surface area contributed by atoms with E-state index in [1.54, 1.807) is 0 Å². The standard InChI is InChI=1S/C44H82O4/c1-3-5-7-9-11-12-13-14-15-16-17-18-22-25-29-33-37-41-44(47)48-42(38-34-30-26-10-8-6-4-2)39-35-31-27-23-20-19-21-24-28-32-36-40-43(45)46/h11-12,14-15,42H,3-10,13,16-41H2,1-2H3,(H,45,46)/b12-11-,15-14-. The number of carbonyl (C=O) groups excluding carboxylic acids is 1. The molecule has 4 heteroatoms. The van der Waals surface area contributed by atoms with E-state index in [-0.39, 0.29) is 12.1 Å². The number of esters is 1. The molecule has 0 saturated heterocycles. The summed E-state index contributed by atoms with van der Waals surface area (Å²) in [6, 6.07) is 0. The maximum Gasteiger partial charge on any atom is 0.306 e. The van der Waals surface area contributed by atoms with E-state index in [4.69, 9.17) is 9.84 Å². The largest absolute Gasteiger partial charge is 0.481 e. The van der Waals surface area contributed by atoms with Crippen molar-refractivity contribution in [3.63, 3.8) is 0 Å². The number of allylic oxidation sites excluding steroid dienone is 4. The SMILES string of the molecule is CCCCC/C=C\C/C=C\CCCCCCCCCC(=O)OC(CCCCCCCCC)CCCCCCCCCCCCCC(=O)O. The summed E-state index contributed by atoms with van der Waals surface area (Å²) in [6.07, 6.45) is 50.7. The molecule has 4 nitrogen and oxygen atoms in total. The van der Waals surface area contributed by atoms with Gasteiger partial charge in [0, 0.05) is 12.8 Å². The van der Waals surface area contributed by atoms with Gasteiger partial charge in [0.15, 0.2) is 0 Å². The van der Waals surface area contributed by atoms with Gasteiger partial charge in [-0.1, -0.05) is 179 Å². The number of ether oxygens (including phenoxy) is 1. The van der Waals surface area contributed by atoms with Crippen molar-refractivity contribution < 1.29 is 19.4 Å². The Morgan fingerprint density at radius 1 is 0.458 bits per heavy atom. The van der Waals surface area contributed by atoms with Crippen molar-refractivity contribution >= 4 is 11.9 Å². The molecule has 0 aromatic heterocycles. The van der Waals surface area contributed by atoms with Crippen LogP contribution in [0.5, 0.6) is 0 Å². The van der Waals surface area contributed by atoms with Crippen LogP contribution in [0, 0.1) is 0 Å². The van der Waals surface area contributed by atoms with Crippen molar-refractivity contribution in [1.82, 2.24) is 0 Å². The molecule has 0 fully saturated rings. The van der Waals surface area contributed by atoms with Crippen molar-refractivity contribution in [3.05, 3.63) is 24.3 Å². The molecule has 0 bridgehead atoms. The first kappa shape index (κ1) is 46.4. The number of hydrogen-bond donors (Lipinski definition) is 1. The quantitative estimate of drug-likeness (QED) is 0.0400. The molecule has 0 spiro atoms. The van der Waals surface area contributed by atoms with Gasteiger partial charge >= 0.3 is 11.9 Å². The summed E-state index contributed by atoms with van der Waals surface area (Å²) in [7, 11) is 0. The van der Waals surface area contributed by atoms with Gasteiger partial charge in [-0.2, -0.15) is 0 Å². The minimum atomic E-state index is -0.671. The number of rotatable bonds is 39. The lowest BCUT2D eigenvalue weighted by molar-refractivity contribution is -0.150. The smallest absolute Gasteiger partial charge is 0.306 e. The predicted octanol–water partition coefficient (Wildman–Crippen LogP) is 14.8. The summed E-state index contributed by atoms with van der Waals surface area (Å²) in [5, 5.41) is 8.71. The lowest BCUT2D eigenvalue weighted by Crippen LogP contribution is -2.18. The van der Waals surface area contributed by atoms with E-state index in [9.17, 15) is 9.59 Å². The molecular weight excluding hydrogens is 592 g/mol. The van der Waals surface area contributed by atoms with Gasteiger partial charge in [0.25, 0.3) is 0 Å². The minimum absolute atomic E-state index is 0.0356. The zero-order valence-electron chi connectivity index (χ0n) is 32.3. The lowest BCUT2D eigenvalue weighted by Gasteiger charge is -2.18. The lowest BCUT2D eigenvalue weighted by atomic mass is 10.0. The maximum atomic E-state index is 12.7. The molecule has 1 unspecified atom stereocenters. The third kappa shape index (κ3) is 38.9. The first-order valence-electron chi connectivity index (χ1n) is 21.3. The van der Waals surface area contributed by atoms with E-state index < -0.39 is 5.97 Å². The van der Waals surface area contributed by atoms with Gasteiger partial charge in [0.1, 0.15) is 6.10 Å². The van der Waals surface area contributed by atoms with Gasteiger partial charge < -0.3 is 9.84 Å². The first-order chi connectivity index (χ1) is 23.6. The summed E-state index contributed by atoms with van der Waals surface area (Å²) in [5.41, 5.74) is 0. The molecule has 0 aliphatic carbocycles. The molecule has 0 radical (unpaired) electrons. The molecule has 48 heavy (non-hydrogen) atoms. The van der Waals surface area contributed by atoms with Crippen LogP contribution in [0.25, 0.3) is 0 Å². The minimum Gasteiger partial charge on any atom is -0.481 e. The fourth-order valence-corrected chi connectivity index (χ4v) is 6.51. The first-order valence-corrected chi connectivity index (χ1v) is 21.3. The van der Waals surface area contributed by atoms with Gasteiger partial charge in [-0.3, -0.25) is 9.59 Å². The van der Waals surface area contributed by atoms with E-state index in [1.807, 2.05) is 0 Å². The fraction of sp³-hybridized carbons (Fsp3) is 0.864. The summed E-state index contributed by atoms with van der Waals surface area (Å²) < 4.78 is 6.06. The number of carbonyl (C=O) groups is 2. The molecule has 0 aromatic rings. The number of carboxylic acids is 1. The second-order valence-electron chi connectivity index (χ2n) is 14.5. The molecule has 0 amide bonds. The van der Waals surface area contributed by atoms with Crippen molar-refractivity contribution in [3.8, 4) is 0 Å². The van der Waals surface area contributed by atoms with Crippen LogP contribution in [0.4, 0.5) is 0 Å². The van der Waals surface area contributed by atoms with E-state index in [2.05, 4.69) is 38.2 Å². The Morgan fingerprint density at radius 3 is 1.27 bits per heavy atom. The van der Waals surface area contributed by atoms with E-state index >= 15 is 0 Å². The Labute approximate surface area is 299 Å². The summed E-state index contributed by atoms with van der Waals surface area (Å²) in [4.78, 5) is 23.3. The van der Waals surface area contributed by atoms with Crippen molar-refractivity contribution in [2.45, 2.75) is 245 Å². The fourth-order valence-electron chi connectivity index (χ4n) is 6.51. The Balaban J connectivity index is 3.96. The topological polar surface area (TPSA) is 63.6 Å². The molecule has 0 aromatic carbocycles. The highest BCUT2D eigenvalue weighted by Crippen LogP contribution is 2.19. The Hall–Kier alpha value is -1.58. The Bertz CT molecular complexity index is 727. The molecule has 0 rings (SSSR count). The summed E-state index contributed by atoms with van der Waals surface area (Å²) >= 11 is 0. The van der Waals surface area contributed by atoms with Crippen LogP contribution < -0.4 is 0 Å². The van der Waals surface area contributed by atoms with Crippen molar-refractivity contribution in [2.75, 3.05) is 0 Å². The van der Waals surface area contributed by atoms with Gasteiger partial charge in [0.2, 0.25) is 0 Å². The number of aliphatic carboxylic acids is 1. The highest BCUT2D eigenvalue weighted by molar-refractivity contribution is 5.69. The van der Waals surface area contributed by atoms with E-state index in [0.717, 1.165) is 44.9 Å². The molecule has 0 saturated carbocycles. The monoisotopic (exact) mass is 675 g/mol. The average Bonchev–Trinajstić information content (AvgIpc) is 3.07. The average molecular weight is 675 g/mol. The summed E-state index contributed by atoms with van der Waals surface area (Å²) in [5.74, 6) is -0.635. The number of hydrogen-bond acceptors (Lipinski definition) is 3. The van der Waals surface area contributed by atoms with Crippen molar-refractivity contribution in [1.29, 1.82) is 0 Å². The van der Waals surface area contributed by atoms with Gasteiger partial charge in [-0.25, -0.2) is 0 Å². The van der Waals surface area contributed by atoms with Crippen LogP contribution in [0.15, 0.2) is 24.3 Å². The second kappa shape index (κ2) is 39.9. The van der Waals surface area contributed by atoms with Crippen LogP contribution in [0.3, 0.4) is 0 Å². The van der Waals surface area contributed by atoms with Gasteiger partial charge in [-0.15, -0.1) is 0 Å². The van der Waals surface area contributed by atoms with Crippen LogP contribution in [-0.2, 0) is 14.3 Å². The normalized spacial score (nSPS) is 12.4. The third-order valence-electron chi connectivity index (χ3n) is 9.68. The number of unbranched alkanes of at least 4 members (excludes halogenated alkanes) is 26. The molecular formula is C44H82O4. The van der Waals surface area contributed by atoms with Crippen LogP contribution in [0.2, 0.25) is 0 Å². The zero-order chi connectivity index (χ0) is 35.0. The number of carboxylic acid groups (broad SMARTS) is 1. The van der Waals surface area contributed by atoms with Crippen molar-refractivity contribution in [2.24, 2.45) is 0 Å². The van der Waals surface area contributed by atoms with Crippen LogP contribution in [0.1, 0.15) is 239 Å². The Kier molecular flexibility index (Phi) is 38.5. The van der Waals surface area contributed by atoms with Crippen LogP contribution >= 0.6 is 0 Å². The molecule has 1 N–H and O–H groups in total. The maximum absolute atomic E-state index is 12.7. The highest BCUT2D eigenvalue weighted by Gasteiger charge is 2.14. The predicted molar refractivity (Wildman–Crippen MR) is 209 cm³/mol. The molecule has 282 valence electrons. The Morgan fingerprint density at radius 2 is 0.812 bits per heavy atom. The molecule has 0 aliphatic rings. The molecule has 0 heterocycles.